The predicted molar refractivity (Wildman–Crippen MR) is 288 cm³/mol. The molecule has 386 valence electrons. The Balaban J connectivity index is 4.19. The lowest BCUT2D eigenvalue weighted by Gasteiger charge is -2.18. The van der Waals surface area contributed by atoms with Crippen molar-refractivity contribution in [3.63, 3.8) is 0 Å². The normalized spacial score (nSPS) is 12.6. The molecule has 0 spiro atoms. The Hall–Kier alpha value is -3.15. The van der Waals surface area contributed by atoms with Gasteiger partial charge in [-0.2, -0.15) is 0 Å². The van der Waals surface area contributed by atoms with Gasteiger partial charge in [-0.1, -0.05) is 241 Å². The van der Waals surface area contributed by atoms with E-state index in [-0.39, 0.29) is 31.1 Å². The van der Waals surface area contributed by atoms with Crippen molar-refractivity contribution in [2.75, 3.05) is 13.2 Å². The van der Waals surface area contributed by atoms with Crippen LogP contribution in [0.5, 0.6) is 0 Å². The number of hydrogen-bond donors (Lipinski definition) is 0. The summed E-state index contributed by atoms with van der Waals surface area (Å²) in [6.45, 7) is 6.49. The highest BCUT2D eigenvalue weighted by molar-refractivity contribution is 5.71. The van der Waals surface area contributed by atoms with E-state index in [0.29, 0.717) is 19.3 Å². The van der Waals surface area contributed by atoms with Crippen LogP contribution in [0.15, 0.2) is 72.9 Å². The third-order valence-electron chi connectivity index (χ3n) is 12.2. The first-order chi connectivity index (χ1) is 33.0. The molecule has 0 aromatic rings. The zero-order chi connectivity index (χ0) is 48.6. The first-order valence-electron chi connectivity index (χ1n) is 28.4. The van der Waals surface area contributed by atoms with Crippen LogP contribution in [0.25, 0.3) is 0 Å². The first kappa shape index (κ1) is 63.8. The van der Waals surface area contributed by atoms with Gasteiger partial charge in [-0.05, 0) is 89.9 Å². The number of ether oxygens (including phenoxy) is 3. The molecule has 0 saturated heterocycles. The van der Waals surface area contributed by atoms with E-state index < -0.39 is 6.10 Å². The number of carbonyl (C=O) groups excluding carboxylic acids is 3. The van der Waals surface area contributed by atoms with E-state index in [0.717, 1.165) is 96.3 Å². The largest absolute Gasteiger partial charge is 0.462 e. The number of unbranched alkanes of at least 4 members (excludes halogenated alkanes) is 28. The van der Waals surface area contributed by atoms with Gasteiger partial charge in [0, 0.05) is 19.3 Å². The molecule has 0 aliphatic carbocycles. The molecule has 0 radical (unpaired) electrons. The van der Waals surface area contributed by atoms with E-state index in [1.807, 2.05) is 0 Å². The van der Waals surface area contributed by atoms with Gasteiger partial charge in [-0.15, -0.1) is 0 Å². The van der Waals surface area contributed by atoms with Gasteiger partial charge in [0.25, 0.3) is 0 Å². The minimum absolute atomic E-state index is 0.0774. The molecule has 0 saturated carbocycles. The van der Waals surface area contributed by atoms with Crippen LogP contribution in [0.1, 0.15) is 278 Å². The molecule has 1 unspecified atom stereocenters. The lowest BCUT2D eigenvalue weighted by Crippen LogP contribution is -2.30. The molecule has 1 atom stereocenters. The summed E-state index contributed by atoms with van der Waals surface area (Å²) in [7, 11) is 0. The summed E-state index contributed by atoms with van der Waals surface area (Å²) >= 11 is 0. The average molecular weight is 936 g/mol. The lowest BCUT2D eigenvalue weighted by molar-refractivity contribution is -0.167. The van der Waals surface area contributed by atoms with E-state index in [9.17, 15) is 14.4 Å². The minimum Gasteiger partial charge on any atom is -0.462 e. The zero-order valence-electron chi connectivity index (χ0n) is 44.2. The van der Waals surface area contributed by atoms with Crippen molar-refractivity contribution in [3.8, 4) is 0 Å². The van der Waals surface area contributed by atoms with E-state index in [1.165, 1.54) is 141 Å². The van der Waals surface area contributed by atoms with Crippen LogP contribution in [0, 0.1) is 0 Å². The number of allylic oxidation sites excluding steroid dienone is 12. The van der Waals surface area contributed by atoms with Gasteiger partial charge in [0.05, 0.1) is 0 Å². The summed E-state index contributed by atoms with van der Waals surface area (Å²) in [4.78, 5) is 37.9. The van der Waals surface area contributed by atoms with Crippen molar-refractivity contribution in [3.05, 3.63) is 72.9 Å². The summed E-state index contributed by atoms with van der Waals surface area (Å²) in [5.74, 6) is -0.888. The molecular formula is C61H106O6. The van der Waals surface area contributed by atoms with Crippen molar-refractivity contribution < 1.29 is 28.6 Å². The Morgan fingerprint density at radius 3 is 0.925 bits per heavy atom. The molecule has 0 aromatic heterocycles. The predicted octanol–water partition coefficient (Wildman–Crippen LogP) is 19.0. The second kappa shape index (κ2) is 55.4. The monoisotopic (exact) mass is 935 g/mol. The second-order valence-corrected chi connectivity index (χ2v) is 18.8. The summed E-state index contributed by atoms with van der Waals surface area (Å²) in [5, 5.41) is 0. The topological polar surface area (TPSA) is 78.9 Å². The molecule has 6 heteroatoms. The molecule has 6 nitrogen and oxygen atoms in total. The number of esters is 3. The molecule has 0 aliphatic heterocycles. The van der Waals surface area contributed by atoms with Crippen molar-refractivity contribution in [1.82, 2.24) is 0 Å². The smallest absolute Gasteiger partial charge is 0.306 e. The van der Waals surface area contributed by atoms with Gasteiger partial charge in [-0.25, -0.2) is 0 Å². The third kappa shape index (κ3) is 53.7. The molecule has 0 rings (SSSR count). The average Bonchev–Trinajstić information content (AvgIpc) is 3.33. The highest BCUT2D eigenvalue weighted by Crippen LogP contribution is 2.15. The van der Waals surface area contributed by atoms with E-state index in [4.69, 9.17) is 14.2 Å². The molecular weight excluding hydrogens is 829 g/mol. The van der Waals surface area contributed by atoms with Crippen molar-refractivity contribution in [2.45, 2.75) is 284 Å². The highest BCUT2D eigenvalue weighted by Gasteiger charge is 2.19. The summed E-state index contributed by atoms with van der Waals surface area (Å²) < 4.78 is 16.8. The molecule has 0 N–H and O–H groups in total. The lowest BCUT2D eigenvalue weighted by atomic mass is 10.1. The molecule has 0 amide bonds. The Bertz CT molecular complexity index is 1260. The second-order valence-electron chi connectivity index (χ2n) is 18.8. The van der Waals surface area contributed by atoms with E-state index in [2.05, 4.69) is 93.7 Å². The SMILES string of the molecule is CC/C=C\C/C=C\C/C=C\C/C=C\C/C=C\CCCCCCCCCCCC(=O)OCC(COC(=O)CCCCCCCCC)OC(=O)CCCCCCCCC/C=C\CCCCCCCC. The minimum atomic E-state index is -0.776. The Labute approximate surface area is 414 Å². The van der Waals surface area contributed by atoms with Crippen molar-refractivity contribution in [2.24, 2.45) is 0 Å². The third-order valence-corrected chi connectivity index (χ3v) is 12.2. The van der Waals surface area contributed by atoms with Crippen LogP contribution in [0.3, 0.4) is 0 Å². The molecule has 0 aromatic carbocycles. The highest BCUT2D eigenvalue weighted by atomic mass is 16.6. The zero-order valence-corrected chi connectivity index (χ0v) is 44.2. The fraction of sp³-hybridized carbons (Fsp3) is 0.754. The molecule has 0 fully saturated rings. The fourth-order valence-corrected chi connectivity index (χ4v) is 7.93. The van der Waals surface area contributed by atoms with Crippen molar-refractivity contribution in [1.29, 1.82) is 0 Å². The maximum Gasteiger partial charge on any atom is 0.306 e. The van der Waals surface area contributed by atoms with E-state index >= 15 is 0 Å². The Morgan fingerprint density at radius 1 is 0.313 bits per heavy atom. The molecule has 0 heterocycles. The molecule has 67 heavy (non-hydrogen) atoms. The van der Waals surface area contributed by atoms with Gasteiger partial charge >= 0.3 is 17.9 Å². The quantitative estimate of drug-likeness (QED) is 0.0262. The van der Waals surface area contributed by atoms with Crippen molar-refractivity contribution >= 4 is 17.9 Å². The Kier molecular flexibility index (Phi) is 52.8. The van der Waals surface area contributed by atoms with Crippen LogP contribution in [0.2, 0.25) is 0 Å². The summed E-state index contributed by atoms with van der Waals surface area (Å²) in [6.07, 6.45) is 70.5. The van der Waals surface area contributed by atoms with Gasteiger partial charge < -0.3 is 14.2 Å². The first-order valence-corrected chi connectivity index (χ1v) is 28.4. The number of hydrogen-bond acceptors (Lipinski definition) is 6. The molecule has 0 bridgehead atoms. The van der Waals surface area contributed by atoms with Crippen LogP contribution in [0.4, 0.5) is 0 Å². The van der Waals surface area contributed by atoms with Gasteiger partial charge in [0.1, 0.15) is 13.2 Å². The van der Waals surface area contributed by atoms with Crippen LogP contribution < -0.4 is 0 Å². The maximum atomic E-state index is 12.8. The maximum absolute atomic E-state index is 12.8. The van der Waals surface area contributed by atoms with E-state index in [1.54, 1.807) is 0 Å². The van der Waals surface area contributed by atoms with Crippen LogP contribution >= 0.6 is 0 Å². The van der Waals surface area contributed by atoms with Gasteiger partial charge in [0.15, 0.2) is 6.10 Å². The Morgan fingerprint density at radius 2 is 0.582 bits per heavy atom. The summed E-state index contributed by atoms with van der Waals surface area (Å²) in [5.41, 5.74) is 0. The number of rotatable bonds is 51. The van der Waals surface area contributed by atoms with Crippen LogP contribution in [-0.4, -0.2) is 37.2 Å². The fourth-order valence-electron chi connectivity index (χ4n) is 7.93. The van der Waals surface area contributed by atoms with Gasteiger partial charge in [0.2, 0.25) is 0 Å². The van der Waals surface area contributed by atoms with Gasteiger partial charge in [-0.3, -0.25) is 14.4 Å². The van der Waals surface area contributed by atoms with Crippen LogP contribution in [-0.2, 0) is 28.6 Å². The standard InChI is InChI=1S/C61H106O6/c1-4-7-10-13-16-18-20-22-24-26-27-28-29-30-31-32-33-35-36-38-40-42-45-48-51-54-60(63)66-57-58(56-65-59(62)53-50-47-44-15-12-9-6-3)67-61(64)55-52-49-46-43-41-39-37-34-25-23-21-19-17-14-11-8-5-2/h7,10,16,18,22-25,27-28,30-31,58H,4-6,8-9,11-15,17,19-21,26,29,32-57H2,1-3H3/b10-7-,18-16-,24-22-,25-23-,28-27-,31-30-. The number of carbonyl (C=O) groups is 3. The molecule has 0 aliphatic rings. The summed E-state index contributed by atoms with van der Waals surface area (Å²) in [6, 6.07) is 0.